The smallest absolute Gasteiger partial charge is 0.258 e. The van der Waals surface area contributed by atoms with Crippen LogP contribution in [-0.4, -0.2) is 24.0 Å². The second-order valence-electron chi connectivity index (χ2n) is 5.86. The summed E-state index contributed by atoms with van der Waals surface area (Å²) >= 11 is 5.77. The van der Waals surface area contributed by atoms with Gasteiger partial charge in [0.05, 0.1) is 5.41 Å². The van der Waals surface area contributed by atoms with Crippen LogP contribution in [0, 0.1) is 5.41 Å². The van der Waals surface area contributed by atoms with E-state index in [1.54, 1.807) is 24.3 Å². The van der Waals surface area contributed by atoms with Crippen molar-refractivity contribution in [2.24, 2.45) is 11.3 Å². The van der Waals surface area contributed by atoms with E-state index >= 15 is 0 Å². The Morgan fingerprint density at radius 3 is 2.43 bits per heavy atom. The molecule has 21 heavy (non-hydrogen) atoms. The molecule has 0 saturated heterocycles. The van der Waals surface area contributed by atoms with Crippen LogP contribution in [-0.2, 0) is 9.59 Å². The standard InChI is InChI=1S/C14H16ClN3O3/c15-9-1-3-10(4-2-9)21-5-11(19)17-14-6-13(7-14,8-14)12(20)18-16/h1-4H,5-8,16H2,(H,17,19)(H,18,20). The van der Waals surface area contributed by atoms with Crippen LogP contribution in [0.4, 0.5) is 0 Å². The molecule has 6 nitrogen and oxygen atoms in total. The molecular formula is C14H16ClN3O3. The maximum absolute atomic E-state index is 11.9. The molecule has 4 N–H and O–H groups in total. The first-order valence-corrected chi connectivity index (χ1v) is 7.05. The summed E-state index contributed by atoms with van der Waals surface area (Å²) in [6.07, 6.45) is 1.95. The number of hydrogen-bond donors (Lipinski definition) is 3. The summed E-state index contributed by atoms with van der Waals surface area (Å²) < 4.78 is 5.38. The summed E-state index contributed by atoms with van der Waals surface area (Å²) in [5.41, 5.74) is 1.57. The lowest BCUT2D eigenvalue weighted by Gasteiger charge is -2.68. The Morgan fingerprint density at radius 2 is 1.86 bits per heavy atom. The van der Waals surface area contributed by atoms with Gasteiger partial charge in [0.2, 0.25) is 5.91 Å². The molecule has 3 saturated carbocycles. The molecular weight excluding hydrogens is 294 g/mol. The van der Waals surface area contributed by atoms with E-state index in [1.165, 1.54) is 0 Å². The van der Waals surface area contributed by atoms with Crippen LogP contribution in [0.5, 0.6) is 5.75 Å². The number of hydrazine groups is 1. The molecule has 1 aromatic rings. The zero-order valence-electron chi connectivity index (χ0n) is 11.3. The van der Waals surface area contributed by atoms with Gasteiger partial charge in [0, 0.05) is 10.6 Å². The first-order chi connectivity index (χ1) is 9.97. The number of ether oxygens (including phenoxy) is 1. The lowest BCUT2D eigenvalue weighted by atomic mass is 9.39. The molecule has 0 atom stereocenters. The van der Waals surface area contributed by atoms with Gasteiger partial charge in [-0.05, 0) is 43.5 Å². The summed E-state index contributed by atoms with van der Waals surface area (Å²) in [6, 6.07) is 6.81. The molecule has 3 aliphatic carbocycles. The van der Waals surface area contributed by atoms with Crippen molar-refractivity contribution >= 4 is 23.4 Å². The number of nitrogens with two attached hydrogens (primary N) is 1. The van der Waals surface area contributed by atoms with Gasteiger partial charge in [0.15, 0.2) is 6.61 Å². The van der Waals surface area contributed by atoms with E-state index in [9.17, 15) is 9.59 Å². The van der Waals surface area contributed by atoms with E-state index in [4.69, 9.17) is 22.2 Å². The zero-order chi connectivity index (χ0) is 15.1. The molecule has 3 aliphatic rings. The second-order valence-corrected chi connectivity index (χ2v) is 6.29. The Bertz CT molecular complexity index is 568. The molecule has 0 heterocycles. The van der Waals surface area contributed by atoms with Gasteiger partial charge in [-0.25, -0.2) is 5.84 Å². The van der Waals surface area contributed by atoms with Crippen LogP contribution in [0.2, 0.25) is 5.02 Å². The topological polar surface area (TPSA) is 93.5 Å². The average Bonchev–Trinajstić information content (AvgIpc) is 2.39. The van der Waals surface area contributed by atoms with Crippen molar-refractivity contribution in [3.63, 3.8) is 0 Å². The molecule has 7 heteroatoms. The summed E-state index contributed by atoms with van der Waals surface area (Å²) in [4.78, 5) is 23.4. The van der Waals surface area contributed by atoms with E-state index in [0.717, 1.165) is 0 Å². The molecule has 0 aliphatic heterocycles. The molecule has 3 fully saturated rings. The predicted octanol–water partition coefficient (Wildman–Crippen LogP) is 0.748. The lowest BCUT2D eigenvalue weighted by molar-refractivity contribution is -0.184. The summed E-state index contributed by atoms with van der Waals surface area (Å²) in [6.45, 7) is -0.0561. The van der Waals surface area contributed by atoms with Crippen molar-refractivity contribution in [3.05, 3.63) is 29.3 Å². The fraction of sp³-hybridized carbons (Fsp3) is 0.429. The number of halogens is 1. The fourth-order valence-electron chi connectivity index (χ4n) is 3.33. The van der Waals surface area contributed by atoms with E-state index in [-0.39, 0.29) is 29.4 Å². The Morgan fingerprint density at radius 1 is 1.24 bits per heavy atom. The average molecular weight is 310 g/mol. The lowest BCUT2D eigenvalue weighted by Crippen LogP contribution is -2.78. The zero-order valence-corrected chi connectivity index (χ0v) is 12.1. The number of hydrogen-bond acceptors (Lipinski definition) is 4. The van der Waals surface area contributed by atoms with Crippen LogP contribution in [0.1, 0.15) is 19.3 Å². The summed E-state index contributed by atoms with van der Waals surface area (Å²) in [7, 11) is 0. The van der Waals surface area contributed by atoms with Crippen molar-refractivity contribution in [3.8, 4) is 5.75 Å². The van der Waals surface area contributed by atoms with Gasteiger partial charge >= 0.3 is 0 Å². The molecule has 2 bridgehead atoms. The van der Waals surface area contributed by atoms with Crippen LogP contribution >= 0.6 is 11.6 Å². The molecule has 0 unspecified atom stereocenters. The number of carbonyl (C=O) groups is 2. The number of rotatable bonds is 5. The van der Waals surface area contributed by atoms with Crippen LogP contribution < -0.4 is 21.3 Å². The summed E-state index contributed by atoms with van der Waals surface area (Å²) in [5.74, 6) is 5.40. The maximum Gasteiger partial charge on any atom is 0.258 e. The first-order valence-electron chi connectivity index (χ1n) is 6.67. The van der Waals surface area contributed by atoms with Crippen molar-refractivity contribution in [1.82, 2.24) is 10.7 Å². The highest BCUT2D eigenvalue weighted by molar-refractivity contribution is 6.30. The minimum Gasteiger partial charge on any atom is -0.484 e. The van der Waals surface area contributed by atoms with E-state index in [0.29, 0.717) is 30.0 Å². The highest BCUT2D eigenvalue weighted by atomic mass is 35.5. The van der Waals surface area contributed by atoms with Gasteiger partial charge in [-0.2, -0.15) is 0 Å². The number of amides is 2. The third-order valence-corrected chi connectivity index (χ3v) is 4.48. The molecule has 4 rings (SSSR count). The Balaban J connectivity index is 1.45. The second kappa shape index (κ2) is 4.89. The minimum atomic E-state index is -0.362. The van der Waals surface area contributed by atoms with Crippen LogP contribution in [0.3, 0.4) is 0 Å². The largest absolute Gasteiger partial charge is 0.484 e. The molecule has 0 spiro atoms. The molecule has 0 aromatic heterocycles. The molecule has 1 aromatic carbocycles. The Labute approximate surface area is 126 Å². The summed E-state index contributed by atoms with van der Waals surface area (Å²) in [5, 5.41) is 3.55. The van der Waals surface area contributed by atoms with E-state index in [2.05, 4.69) is 10.7 Å². The quantitative estimate of drug-likeness (QED) is 0.425. The number of carbonyl (C=O) groups excluding carboxylic acids is 2. The van der Waals surface area contributed by atoms with Gasteiger partial charge in [0.1, 0.15) is 5.75 Å². The number of benzene rings is 1. The van der Waals surface area contributed by atoms with Gasteiger partial charge in [0.25, 0.3) is 5.91 Å². The SMILES string of the molecule is NNC(=O)C12CC(NC(=O)COc3ccc(Cl)cc3)(C1)C2. The molecule has 112 valence electrons. The Hall–Kier alpha value is -1.79. The van der Waals surface area contributed by atoms with Gasteiger partial charge < -0.3 is 10.1 Å². The molecule has 0 radical (unpaired) electrons. The minimum absolute atomic E-state index is 0.0561. The van der Waals surface area contributed by atoms with Crippen molar-refractivity contribution in [1.29, 1.82) is 0 Å². The maximum atomic E-state index is 11.9. The van der Waals surface area contributed by atoms with Crippen LogP contribution in [0.25, 0.3) is 0 Å². The van der Waals surface area contributed by atoms with Crippen LogP contribution in [0.15, 0.2) is 24.3 Å². The highest BCUT2D eigenvalue weighted by Gasteiger charge is 2.72. The molecule has 2 amide bonds. The number of nitrogens with one attached hydrogen (secondary N) is 2. The third kappa shape index (κ3) is 2.45. The van der Waals surface area contributed by atoms with Gasteiger partial charge in [-0.15, -0.1) is 0 Å². The van der Waals surface area contributed by atoms with Crippen molar-refractivity contribution in [2.45, 2.75) is 24.8 Å². The fourth-order valence-corrected chi connectivity index (χ4v) is 3.45. The normalized spacial score (nSPS) is 28.9. The van der Waals surface area contributed by atoms with Crippen molar-refractivity contribution < 1.29 is 14.3 Å². The highest BCUT2D eigenvalue weighted by Crippen LogP contribution is 2.67. The Kier molecular flexibility index (Phi) is 3.30. The predicted molar refractivity (Wildman–Crippen MR) is 76.4 cm³/mol. The van der Waals surface area contributed by atoms with E-state index < -0.39 is 0 Å². The first kappa shape index (κ1) is 14.2. The van der Waals surface area contributed by atoms with E-state index in [1.807, 2.05) is 0 Å². The van der Waals surface area contributed by atoms with Gasteiger partial charge in [-0.3, -0.25) is 15.0 Å². The van der Waals surface area contributed by atoms with Gasteiger partial charge in [-0.1, -0.05) is 11.6 Å². The monoisotopic (exact) mass is 309 g/mol. The third-order valence-electron chi connectivity index (χ3n) is 4.23. The van der Waals surface area contributed by atoms with Crippen molar-refractivity contribution in [2.75, 3.05) is 6.61 Å².